The smallest absolute Gasteiger partial charge is 0.196 e. The second-order valence-electron chi connectivity index (χ2n) is 3.01. The molecule has 2 heteroatoms. The third kappa shape index (κ3) is 1.85. The quantitative estimate of drug-likeness (QED) is 0.694. The van der Waals surface area contributed by atoms with E-state index in [1.165, 1.54) is 0 Å². The molecule has 0 saturated carbocycles. The van der Waals surface area contributed by atoms with E-state index in [0.717, 1.165) is 11.3 Å². The number of allylic oxidation sites excluding steroid dienone is 5. The van der Waals surface area contributed by atoms with Crippen LogP contribution in [0.5, 0.6) is 0 Å². The van der Waals surface area contributed by atoms with Crippen molar-refractivity contribution in [3.8, 4) is 0 Å². The first-order chi connectivity index (χ1) is 6.86. The Hall–Kier alpha value is -1.96. The average molecular weight is 185 g/mol. The lowest BCUT2D eigenvalue weighted by Gasteiger charge is -2.05. The zero-order valence-electron chi connectivity index (χ0n) is 7.64. The van der Waals surface area contributed by atoms with Crippen LogP contribution >= 0.6 is 0 Å². The first kappa shape index (κ1) is 8.63. The Labute approximate surface area is 82.9 Å². The molecule has 0 spiro atoms. The van der Waals surface area contributed by atoms with Crippen molar-refractivity contribution < 1.29 is 5.11 Å². The van der Waals surface area contributed by atoms with Crippen molar-refractivity contribution >= 4 is 5.69 Å². The van der Waals surface area contributed by atoms with Gasteiger partial charge in [-0.3, -0.25) is 0 Å². The lowest BCUT2D eigenvalue weighted by Crippen LogP contribution is -2.00. The summed E-state index contributed by atoms with van der Waals surface area (Å²) in [5.74, 6) is 0.182. The number of hydrogen-bond donors (Lipinski definition) is 2. The fourth-order valence-corrected chi connectivity index (χ4v) is 1.26. The minimum atomic E-state index is 0.182. The van der Waals surface area contributed by atoms with Gasteiger partial charge < -0.3 is 10.4 Å². The Bertz CT molecular complexity index is 388. The van der Waals surface area contributed by atoms with Gasteiger partial charge in [0, 0.05) is 11.3 Å². The van der Waals surface area contributed by atoms with E-state index in [2.05, 4.69) is 5.32 Å². The molecule has 1 aromatic carbocycles. The molecule has 70 valence electrons. The summed E-state index contributed by atoms with van der Waals surface area (Å²) >= 11 is 0. The van der Waals surface area contributed by atoms with E-state index in [1.807, 2.05) is 54.6 Å². The first-order valence-corrected chi connectivity index (χ1v) is 4.46. The molecule has 0 saturated heterocycles. The Morgan fingerprint density at radius 1 is 1.00 bits per heavy atom. The number of hydrogen-bond acceptors (Lipinski definition) is 2. The van der Waals surface area contributed by atoms with Crippen LogP contribution in [-0.4, -0.2) is 5.11 Å². The van der Waals surface area contributed by atoms with Crippen LogP contribution < -0.4 is 5.32 Å². The molecule has 0 aromatic heterocycles. The molecule has 0 bridgehead atoms. The molecule has 14 heavy (non-hydrogen) atoms. The maximum absolute atomic E-state index is 9.67. The molecule has 0 unspecified atom stereocenters. The van der Waals surface area contributed by atoms with Gasteiger partial charge in [-0.2, -0.15) is 0 Å². The summed E-state index contributed by atoms with van der Waals surface area (Å²) in [5.41, 5.74) is 1.68. The monoisotopic (exact) mass is 185 g/mol. The molecule has 2 nitrogen and oxygen atoms in total. The van der Waals surface area contributed by atoms with E-state index in [-0.39, 0.29) is 5.88 Å². The number of para-hydroxylation sites is 1. The van der Waals surface area contributed by atoms with Crippen molar-refractivity contribution in [3.05, 3.63) is 66.1 Å². The highest BCUT2D eigenvalue weighted by Crippen LogP contribution is 2.14. The van der Waals surface area contributed by atoms with Gasteiger partial charge >= 0.3 is 0 Å². The van der Waals surface area contributed by atoms with Crippen molar-refractivity contribution in [2.24, 2.45) is 0 Å². The van der Waals surface area contributed by atoms with Gasteiger partial charge in [0.05, 0.1) is 0 Å². The van der Waals surface area contributed by atoms with Crippen LogP contribution in [0.25, 0.3) is 0 Å². The number of benzene rings is 1. The Kier molecular flexibility index (Phi) is 2.36. The second-order valence-corrected chi connectivity index (χ2v) is 3.01. The largest absolute Gasteiger partial charge is 0.494 e. The van der Waals surface area contributed by atoms with E-state index >= 15 is 0 Å². The average Bonchev–Trinajstić information content (AvgIpc) is 2.72. The molecular weight excluding hydrogens is 174 g/mol. The first-order valence-electron chi connectivity index (χ1n) is 4.46. The van der Waals surface area contributed by atoms with Crippen LogP contribution in [0.15, 0.2) is 66.1 Å². The molecule has 1 aliphatic carbocycles. The highest BCUT2D eigenvalue weighted by Gasteiger charge is 2.01. The molecular formula is C12H11NO. The standard InChI is InChI=1S/C12H11NO/c14-12(10-6-4-5-7-10)13-11-8-2-1-3-9-11/h1-9,13-14H. The molecule has 2 N–H and O–H groups in total. The number of anilines is 1. The summed E-state index contributed by atoms with van der Waals surface area (Å²) < 4.78 is 0. The van der Waals surface area contributed by atoms with Crippen LogP contribution in [0.1, 0.15) is 0 Å². The van der Waals surface area contributed by atoms with Crippen LogP contribution in [-0.2, 0) is 0 Å². The molecule has 0 heterocycles. The third-order valence-electron chi connectivity index (χ3n) is 1.97. The number of aliphatic hydroxyl groups excluding tert-OH is 1. The van der Waals surface area contributed by atoms with Gasteiger partial charge in [-0.25, -0.2) is 0 Å². The highest BCUT2D eigenvalue weighted by molar-refractivity contribution is 5.51. The molecule has 1 aromatic rings. The molecule has 1 aliphatic rings. The summed E-state index contributed by atoms with van der Waals surface area (Å²) in [6, 6.07) is 9.57. The lowest BCUT2D eigenvalue weighted by atomic mass is 10.3. The topological polar surface area (TPSA) is 32.3 Å². The van der Waals surface area contributed by atoms with Crippen molar-refractivity contribution in [2.75, 3.05) is 5.32 Å². The van der Waals surface area contributed by atoms with Crippen LogP contribution in [0.2, 0.25) is 0 Å². The number of rotatable bonds is 2. The van der Waals surface area contributed by atoms with E-state index < -0.39 is 0 Å². The second kappa shape index (κ2) is 3.83. The van der Waals surface area contributed by atoms with Crippen molar-refractivity contribution in [3.63, 3.8) is 0 Å². The van der Waals surface area contributed by atoms with Gasteiger partial charge in [0.2, 0.25) is 0 Å². The minimum Gasteiger partial charge on any atom is -0.494 e. The Morgan fingerprint density at radius 2 is 1.64 bits per heavy atom. The Balaban J connectivity index is 2.16. The fraction of sp³-hybridized carbons (Fsp3) is 0. The normalized spacial score (nSPS) is 13.3. The highest BCUT2D eigenvalue weighted by atomic mass is 16.3. The summed E-state index contributed by atoms with van der Waals surface area (Å²) in [7, 11) is 0. The maximum Gasteiger partial charge on any atom is 0.196 e. The molecule has 0 amide bonds. The van der Waals surface area contributed by atoms with Gasteiger partial charge in [-0.15, -0.1) is 0 Å². The van der Waals surface area contributed by atoms with E-state index in [9.17, 15) is 5.11 Å². The summed E-state index contributed by atoms with van der Waals surface area (Å²) in [6.07, 6.45) is 7.48. The molecule has 0 aliphatic heterocycles. The van der Waals surface area contributed by atoms with Gasteiger partial charge in [0.25, 0.3) is 0 Å². The molecule has 2 rings (SSSR count). The lowest BCUT2D eigenvalue weighted by molar-refractivity contribution is 0.416. The zero-order chi connectivity index (χ0) is 9.80. The van der Waals surface area contributed by atoms with Crippen molar-refractivity contribution in [1.29, 1.82) is 0 Å². The van der Waals surface area contributed by atoms with Gasteiger partial charge in [0.1, 0.15) is 0 Å². The fourth-order valence-electron chi connectivity index (χ4n) is 1.26. The van der Waals surface area contributed by atoms with Gasteiger partial charge in [0.15, 0.2) is 5.88 Å². The predicted molar refractivity (Wildman–Crippen MR) is 58.0 cm³/mol. The van der Waals surface area contributed by atoms with E-state index in [4.69, 9.17) is 0 Å². The number of aliphatic hydroxyl groups is 1. The zero-order valence-corrected chi connectivity index (χ0v) is 7.64. The summed E-state index contributed by atoms with van der Waals surface area (Å²) in [4.78, 5) is 0. The van der Waals surface area contributed by atoms with Gasteiger partial charge in [-0.1, -0.05) is 30.4 Å². The van der Waals surface area contributed by atoms with Gasteiger partial charge in [-0.05, 0) is 24.3 Å². The van der Waals surface area contributed by atoms with E-state index in [0.29, 0.717) is 0 Å². The van der Waals surface area contributed by atoms with Crippen LogP contribution in [0, 0.1) is 0 Å². The third-order valence-corrected chi connectivity index (χ3v) is 1.97. The van der Waals surface area contributed by atoms with Crippen molar-refractivity contribution in [1.82, 2.24) is 0 Å². The summed E-state index contributed by atoms with van der Waals surface area (Å²) in [5, 5.41) is 12.6. The molecule has 0 atom stereocenters. The Morgan fingerprint density at radius 3 is 2.29 bits per heavy atom. The molecule has 0 fully saturated rings. The SMILES string of the molecule is OC(Nc1ccccc1)=C1C=CC=C1. The summed E-state index contributed by atoms with van der Waals surface area (Å²) in [6.45, 7) is 0. The van der Waals surface area contributed by atoms with Crippen LogP contribution in [0.4, 0.5) is 5.69 Å². The number of nitrogens with one attached hydrogen (secondary N) is 1. The van der Waals surface area contributed by atoms with Crippen molar-refractivity contribution in [2.45, 2.75) is 0 Å². The van der Waals surface area contributed by atoms with E-state index in [1.54, 1.807) is 0 Å². The predicted octanol–water partition coefficient (Wildman–Crippen LogP) is 2.99. The maximum atomic E-state index is 9.67. The van der Waals surface area contributed by atoms with Crippen LogP contribution in [0.3, 0.4) is 0 Å². The molecule has 0 radical (unpaired) electrons. The minimum absolute atomic E-state index is 0.182.